The van der Waals surface area contributed by atoms with E-state index in [1.807, 2.05) is 0 Å². The third kappa shape index (κ3) is 2.37. The Bertz CT molecular complexity index is 364. The van der Waals surface area contributed by atoms with E-state index >= 15 is 0 Å². The van der Waals surface area contributed by atoms with E-state index in [1.165, 1.54) is 12.1 Å². The van der Waals surface area contributed by atoms with Gasteiger partial charge in [0, 0.05) is 0 Å². The van der Waals surface area contributed by atoms with Gasteiger partial charge in [-0.25, -0.2) is 4.79 Å². The summed E-state index contributed by atoms with van der Waals surface area (Å²) in [5.41, 5.74) is 6.81. The van der Waals surface area contributed by atoms with E-state index < -0.39 is 12.0 Å². The molecule has 6 nitrogen and oxygen atoms in total. The van der Waals surface area contributed by atoms with E-state index in [2.05, 4.69) is 4.84 Å². The van der Waals surface area contributed by atoms with Crippen LogP contribution >= 0.6 is 0 Å². The molecular formula is C8H8N2O4. The van der Waals surface area contributed by atoms with Gasteiger partial charge in [-0.1, -0.05) is 12.1 Å². The van der Waals surface area contributed by atoms with Crippen LogP contribution in [0, 0.1) is 0 Å². The number of rotatable bonds is 3. The number of carbonyl (C=O) groups is 2. The molecule has 0 saturated heterocycles. The van der Waals surface area contributed by atoms with Crippen LogP contribution in [0.5, 0.6) is 5.75 Å². The van der Waals surface area contributed by atoms with Gasteiger partial charge < -0.3 is 15.7 Å². The third-order valence-corrected chi connectivity index (χ3v) is 1.40. The Hall–Kier alpha value is -2.24. The predicted octanol–water partition coefficient (Wildman–Crippen LogP) is 0.347. The molecule has 0 aliphatic heterocycles. The van der Waals surface area contributed by atoms with Gasteiger partial charge in [-0.2, -0.15) is 5.48 Å². The average molecular weight is 196 g/mol. The topological polar surface area (TPSA) is 102 Å². The molecule has 4 N–H and O–H groups in total. The highest BCUT2D eigenvalue weighted by Crippen LogP contribution is 2.15. The molecule has 0 radical (unpaired) electrons. The standard InChI is InChI=1S/C8H8N2O4/c9-7(11)5-3-1-2-4-6(5)14-10-8(12)13/h1-4,10H,(H2,9,11)(H,12,13). The Morgan fingerprint density at radius 2 is 2.00 bits per heavy atom. The number of nitrogens with one attached hydrogen (secondary N) is 1. The summed E-state index contributed by atoms with van der Waals surface area (Å²) in [6.45, 7) is 0. The first-order valence-corrected chi connectivity index (χ1v) is 3.66. The van der Waals surface area contributed by atoms with Crippen molar-refractivity contribution in [2.75, 3.05) is 0 Å². The van der Waals surface area contributed by atoms with Gasteiger partial charge in [0.15, 0.2) is 5.75 Å². The van der Waals surface area contributed by atoms with Crippen molar-refractivity contribution in [2.24, 2.45) is 5.73 Å². The molecule has 14 heavy (non-hydrogen) atoms. The summed E-state index contributed by atoms with van der Waals surface area (Å²) in [5, 5.41) is 8.25. The van der Waals surface area contributed by atoms with E-state index in [0.29, 0.717) is 0 Å². The number of benzene rings is 1. The van der Waals surface area contributed by atoms with Crippen molar-refractivity contribution in [1.82, 2.24) is 5.48 Å². The molecular weight excluding hydrogens is 188 g/mol. The van der Waals surface area contributed by atoms with E-state index in [4.69, 9.17) is 10.8 Å². The Labute approximate surface area is 79.2 Å². The van der Waals surface area contributed by atoms with Crippen LogP contribution < -0.4 is 16.1 Å². The first kappa shape index (κ1) is 9.85. The van der Waals surface area contributed by atoms with Crippen molar-refractivity contribution in [3.63, 3.8) is 0 Å². The Balaban J connectivity index is 2.84. The van der Waals surface area contributed by atoms with Gasteiger partial charge in [0.25, 0.3) is 5.91 Å². The molecule has 1 rings (SSSR count). The van der Waals surface area contributed by atoms with Crippen molar-refractivity contribution < 1.29 is 19.5 Å². The van der Waals surface area contributed by atoms with Crippen LogP contribution in [0.2, 0.25) is 0 Å². The highest BCUT2D eigenvalue weighted by Gasteiger charge is 2.09. The normalized spacial score (nSPS) is 9.14. The molecule has 0 atom stereocenters. The number of carboxylic acid groups (broad SMARTS) is 1. The van der Waals surface area contributed by atoms with E-state index in [-0.39, 0.29) is 11.3 Å². The molecule has 0 saturated carbocycles. The SMILES string of the molecule is NC(=O)c1ccccc1ONC(=O)O. The fraction of sp³-hybridized carbons (Fsp3) is 0. The summed E-state index contributed by atoms with van der Waals surface area (Å²) in [6, 6.07) is 6.04. The van der Waals surface area contributed by atoms with Gasteiger partial charge in [0.1, 0.15) is 0 Å². The fourth-order valence-electron chi connectivity index (χ4n) is 0.858. The second-order valence-electron chi connectivity index (χ2n) is 2.37. The lowest BCUT2D eigenvalue weighted by Gasteiger charge is -2.06. The van der Waals surface area contributed by atoms with Crippen LogP contribution in [0.25, 0.3) is 0 Å². The molecule has 1 aromatic carbocycles. The minimum atomic E-state index is -1.36. The molecule has 0 aliphatic rings. The van der Waals surface area contributed by atoms with Gasteiger partial charge in [-0.3, -0.25) is 4.79 Å². The van der Waals surface area contributed by atoms with Crippen LogP contribution in [0.1, 0.15) is 10.4 Å². The van der Waals surface area contributed by atoms with Crippen molar-refractivity contribution in [3.8, 4) is 5.75 Å². The van der Waals surface area contributed by atoms with Gasteiger partial charge in [-0.05, 0) is 12.1 Å². The molecule has 74 valence electrons. The van der Waals surface area contributed by atoms with E-state index in [1.54, 1.807) is 17.6 Å². The number of nitrogens with two attached hydrogens (primary N) is 1. The molecule has 0 spiro atoms. The molecule has 2 amide bonds. The maximum absolute atomic E-state index is 10.8. The molecule has 1 aromatic rings. The maximum Gasteiger partial charge on any atom is 0.438 e. The maximum atomic E-state index is 10.8. The smallest absolute Gasteiger partial charge is 0.438 e. The van der Waals surface area contributed by atoms with Gasteiger partial charge in [-0.15, -0.1) is 0 Å². The summed E-state index contributed by atoms with van der Waals surface area (Å²) in [6.07, 6.45) is -1.36. The van der Waals surface area contributed by atoms with Crippen molar-refractivity contribution >= 4 is 12.0 Å². The Morgan fingerprint density at radius 1 is 1.36 bits per heavy atom. The zero-order chi connectivity index (χ0) is 10.6. The first-order chi connectivity index (χ1) is 6.61. The number of hydrogen-bond donors (Lipinski definition) is 3. The second-order valence-corrected chi connectivity index (χ2v) is 2.37. The van der Waals surface area contributed by atoms with Gasteiger partial charge in [0.05, 0.1) is 5.56 Å². The number of amides is 2. The van der Waals surface area contributed by atoms with Crippen LogP contribution in [-0.2, 0) is 0 Å². The number of carbonyl (C=O) groups excluding carboxylic acids is 1. The molecule has 0 aliphatic carbocycles. The molecule has 0 bridgehead atoms. The molecule has 0 unspecified atom stereocenters. The molecule has 0 aromatic heterocycles. The predicted molar refractivity (Wildman–Crippen MR) is 46.7 cm³/mol. The molecule has 0 fully saturated rings. The monoisotopic (exact) mass is 196 g/mol. The van der Waals surface area contributed by atoms with Crippen LogP contribution in [0.15, 0.2) is 24.3 Å². The Kier molecular flexibility index (Phi) is 2.90. The number of primary amides is 1. The van der Waals surface area contributed by atoms with Crippen LogP contribution in [-0.4, -0.2) is 17.1 Å². The van der Waals surface area contributed by atoms with Crippen molar-refractivity contribution in [3.05, 3.63) is 29.8 Å². The third-order valence-electron chi connectivity index (χ3n) is 1.40. The number of para-hydroxylation sites is 1. The minimum Gasteiger partial charge on any atom is -0.463 e. The summed E-state index contributed by atoms with van der Waals surface area (Å²) in [5.74, 6) is -0.616. The summed E-state index contributed by atoms with van der Waals surface area (Å²) in [4.78, 5) is 25.5. The van der Waals surface area contributed by atoms with Gasteiger partial charge in [0.2, 0.25) is 0 Å². The summed E-state index contributed by atoms with van der Waals surface area (Å²) < 4.78 is 0. The van der Waals surface area contributed by atoms with E-state index in [0.717, 1.165) is 0 Å². The highest BCUT2D eigenvalue weighted by molar-refractivity contribution is 5.95. The Morgan fingerprint density at radius 3 is 2.57 bits per heavy atom. The minimum absolute atomic E-state index is 0.0717. The quantitative estimate of drug-likeness (QED) is 0.607. The zero-order valence-electron chi connectivity index (χ0n) is 7.06. The lowest BCUT2D eigenvalue weighted by Crippen LogP contribution is -2.26. The molecule has 6 heteroatoms. The van der Waals surface area contributed by atoms with Crippen molar-refractivity contribution in [2.45, 2.75) is 0 Å². The fourth-order valence-corrected chi connectivity index (χ4v) is 0.858. The van der Waals surface area contributed by atoms with Gasteiger partial charge >= 0.3 is 6.09 Å². The zero-order valence-corrected chi connectivity index (χ0v) is 7.06. The summed E-state index contributed by atoms with van der Waals surface area (Å²) >= 11 is 0. The van der Waals surface area contributed by atoms with Crippen molar-refractivity contribution in [1.29, 1.82) is 0 Å². The highest BCUT2D eigenvalue weighted by atomic mass is 16.7. The number of hydrogen-bond acceptors (Lipinski definition) is 3. The largest absolute Gasteiger partial charge is 0.463 e. The molecule has 0 heterocycles. The number of hydroxylamine groups is 1. The lowest BCUT2D eigenvalue weighted by atomic mass is 10.2. The lowest BCUT2D eigenvalue weighted by molar-refractivity contribution is 0.0986. The van der Waals surface area contributed by atoms with Crippen LogP contribution in [0.4, 0.5) is 4.79 Å². The summed E-state index contributed by atoms with van der Waals surface area (Å²) in [7, 11) is 0. The van der Waals surface area contributed by atoms with E-state index in [9.17, 15) is 9.59 Å². The average Bonchev–Trinajstić information content (AvgIpc) is 2.15. The second kappa shape index (κ2) is 4.13. The van der Waals surface area contributed by atoms with Crippen LogP contribution in [0.3, 0.4) is 0 Å². The first-order valence-electron chi connectivity index (χ1n) is 3.66.